The molecule has 0 spiro atoms. The van der Waals surface area contributed by atoms with Crippen LogP contribution in [0.3, 0.4) is 0 Å². The highest BCUT2D eigenvalue weighted by Crippen LogP contribution is 2.24. The third kappa shape index (κ3) is 6.16. The third-order valence-electron chi connectivity index (χ3n) is 2.99. The van der Waals surface area contributed by atoms with Crippen LogP contribution in [-0.2, 0) is 14.8 Å². The molecule has 0 unspecified atom stereocenters. The van der Waals surface area contributed by atoms with Gasteiger partial charge in [-0.15, -0.1) is 11.3 Å². The molecule has 23 heavy (non-hydrogen) atoms. The maximum atomic E-state index is 12.1. The first kappa shape index (κ1) is 19.4. The molecular weight excluding hydrogens is 342 g/mol. The van der Waals surface area contributed by atoms with Crippen molar-refractivity contribution in [1.29, 1.82) is 0 Å². The maximum absolute atomic E-state index is 12.1. The number of aliphatic carboxylic acids is 1. The number of aryl methyl sites for hydroxylation is 2. The van der Waals surface area contributed by atoms with Crippen molar-refractivity contribution in [3.63, 3.8) is 0 Å². The minimum absolute atomic E-state index is 0.0508. The molecule has 0 saturated carbocycles. The summed E-state index contributed by atoms with van der Waals surface area (Å²) in [6, 6.07) is 1.16. The molecule has 0 saturated heterocycles. The van der Waals surface area contributed by atoms with Crippen LogP contribution in [0.5, 0.6) is 0 Å². The molecule has 3 N–H and O–H groups in total. The first-order chi connectivity index (χ1) is 10.6. The van der Waals surface area contributed by atoms with Crippen LogP contribution in [-0.4, -0.2) is 57.1 Å². The number of hydrogen-bond acceptors (Lipinski definition) is 5. The van der Waals surface area contributed by atoms with Crippen molar-refractivity contribution in [2.45, 2.75) is 25.2 Å². The summed E-state index contributed by atoms with van der Waals surface area (Å²) >= 11 is 1.41. The first-order valence-electron chi connectivity index (χ1n) is 6.91. The lowest BCUT2D eigenvalue weighted by Crippen LogP contribution is -2.41. The summed E-state index contributed by atoms with van der Waals surface area (Å²) in [6.07, 6.45) is -0.146. The SMILES string of the molecule is Cc1cc(S(=O)(=O)NCCNC(=O)N(C)CCC(=O)O)c(C)s1. The monoisotopic (exact) mass is 363 g/mol. The minimum atomic E-state index is -3.59. The van der Waals surface area contributed by atoms with Gasteiger partial charge < -0.3 is 15.3 Å². The molecule has 0 radical (unpaired) electrons. The molecule has 0 atom stereocenters. The lowest BCUT2D eigenvalue weighted by Gasteiger charge is -2.17. The molecule has 0 aliphatic heterocycles. The third-order valence-corrected chi connectivity index (χ3v) is 5.67. The average molecular weight is 363 g/mol. The Labute approximate surface area is 139 Å². The van der Waals surface area contributed by atoms with Gasteiger partial charge in [0.2, 0.25) is 10.0 Å². The smallest absolute Gasteiger partial charge is 0.317 e. The van der Waals surface area contributed by atoms with Crippen molar-refractivity contribution in [3.05, 3.63) is 15.8 Å². The number of amides is 2. The van der Waals surface area contributed by atoms with Crippen LogP contribution >= 0.6 is 11.3 Å². The van der Waals surface area contributed by atoms with Crippen LogP contribution in [0.15, 0.2) is 11.0 Å². The summed E-state index contributed by atoms with van der Waals surface area (Å²) in [5.41, 5.74) is 0. The van der Waals surface area contributed by atoms with Gasteiger partial charge in [0, 0.05) is 36.4 Å². The quantitative estimate of drug-likeness (QED) is 0.590. The summed E-state index contributed by atoms with van der Waals surface area (Å²) in [5, 5.41) is 11.1. The molecule has 0 bridgehead atoms. The molecule has 2 amide bonds. The van der Waals surface area contributed by atoms with E-state index in [0.29, 0.717) is 4.88 Å². The van der Waals surface area contributed by atoms with Gasteiger partial charge in [-0.3, -0.25) is 4.79 Å². The van der Waals surface area contributed by atoms with E-state index < -0.39 is 22.0 Å². The molecular formula is C13H21N3O5S2. The van der Waals surface area contributed by atoms with Crippen LogP contribution < -0.4 is 10.0 Å². The Balaban J connectivity index is 2.41. The Morgan fingerprint density at radius 1 is 1.30 bits per heavy atom. The van der Waals surface area contributed by atoms with Crippen LogP contribution in [0.1, 0.15) is 16.2 Å². The predicted molar refractivity (Wildman–Crippen MR) is 87.3 cm³/mol. The molecule has 0 aliphatic carbocycles. The zero-order valence-electron chi connectivity index (χ0n) is 13.2. The van der Waals surface area contributed by atoms with E-state index in [-0.39, 0.29) is 31.0 Å². The summed E-state index contributed by atoms with van der Waals surface area (Å²) in [4.78, 5) is 25.2. The van der Waals surface area contributed by atoms with Gasteiger partial charge in [-0.1, -0.05) is 0 Å². The second kappa shape index (κ2) is 8.27. The predicted octanol–water partition coefficient (Wildman–Crippen LogP) is 0.759. The summed E-state index contributed by atoms with van der Waals surface area (Å²) in [6.45, 7) is 3.82. The number of urea groups is 1. The fourth-order valence-electron chi connectivity index (χ4n) is 1.81. The zero-order valence-corrected chi connectivity index (χ0v) is 14.9. The molecule has 0 aliphatic rings. The second-order valence-corrected chi connectivity index (χ2v) is 8.17. The average Bonchev–Trinajstić information content (AvgIpc) is 2.80. The number of carbonyl (C=O) groups is 2. The van der Waals surface area contributed by atoms with E-state index in [1.54, 1.807) is 13.0 Å². The van der Waals surface area contributed by atoms with Crippen molar-refractivity contribution in [1.82, 2.24) is 14.9 Å². The number of carbonyl (C=O) groups excluding carboxylic acids is 1. The molecule has 1 heterocycles. The molecule has 1 aromatic heterocycles. The van der Waals surface area contributed by atoms with Gasteiger partial charge in [0.15, 0.2) is 0 Å². The Hall–Kier alpha value is -1.65. The van der Waals surface area contributed by atoms with Crippen molar-refractivity contribution in [2.24, 2.45) is 0 Å². The molecule has 0 aromatic carbocycles. The van der Waals surface area contributed by atoms with Crippen molar-refractivity contribution >= 4 is 33.4 Å². The van der Waals surface area contributed by atoms with Crippen LogP contribution in [0.25, 0.3) is 0 Å². The lowest BCUT2D eigenvalue weighted by molar-refractivity contribution is -0.137. The van der Waals surface area contributed by atoms with Crippen molar-refractivity contribution < 1.29 is 23.1 Å². The van der Waals surface area contributed by atoms with E-state index in [0.717, 1.165) is 4.88 Å². The molecule has 10 heteroatoms. The van der Waals surface area contributed by atoms with Gasteiger partial charge in [-0.05, 0) is 19.9 Å². The largest absolute Gasteiger partial charge is 0.481 e. The highest BCUT2D eigenvalue weighted by atomic mass is 32.2. The van der Waals surface area contributed by atoms with Crippen LogP contribution in [0.4, 0.5) is 4.79 Å². The van der Waals surface area contributed by atoms with Crippen molar-refractivity contribution in [3.8, 4) is 0 Å². The summed E-state index contributed by atoms with van der Waals surface area (Å²) in [5.74, 6) is -0.987. The minimum Gasteiger partial charge on any atom is -0.481 e. The fraction of sp³-hybridized carbons (Fsp3) is 0.538. The first-order valence-corrected chi connectivity index (χ1v) is 9.21. The Bertz CT molecular complexity index is 669. The van der Waals surface area contributed by atoms with Crippen LogP contribution in [0, 0.1) is 13.8 Å². The number of nitrogens with one attached hydrogen (secondary N) is 2. The molecule has 8 nitrogen and oxygen atoms in total. The number of nitrogens with zero attached hydrogens (tertiary/aromatic N) is 1. The van der Waals surface area contributed by atoms with E-state index in [1.807, 2.05) is 6.92 Å². The van der Waals surface area contributed by atoms with E-state index in [2.05, 4.69) is 10.0 Å². The summed E-state index contributed by atoms with van der Waals surface area (Å²) < 4.78 is 26.7. The number of thiophene rings is 1. The number of rotatable bonds is 8. The fourth-order valence-corrected chi connectivity index (χ4v) is 4.39. The van der Waals surface area contributed by atoms with E-state index >= 15 is 0 Å². The number of sulfonamides is 1. The topological polar surface area (TPSA) is 116 Å². The maximum Gasteiger partial charge on any atom is 0.317 e. The normalized spacial score (nSPS) is 11.3. The number of carboxylic acids is 1. The van der Waals surface area contributed by atoms with Gasteiger partial charge in [-0.25, -0.2) is 17.9 Å². The molecule has 1 rings (SSSR count). The lowest BCUT2D eigenvalue weighted by atomic mass is 10.4. The molecule has 0 fully saturated rings. The van der Waals surface area contributed by atoms with Gasteiger partial charge in [0.05, 0.1) is 11.3 Å². The van der Waals surface area contributed by atoms with Crippen LogP contribution in [0.2, 0.25) is 0 Å². The van der Waals surface area contributed by atoms with E-state index in [4.69, 9.17) is 5.11 Å². The van der Waals surface area contributed by atoms with Gasteiger partial charge in [-0.2, -0.15) is 0 Å². The Morgan fingerprint density at radius 3 is 2.48 bits per heavy atom. The summed E-state index contributed by atoms with van der Waals surface area (Å²) in [7, 11) is -2.12. The highest BCUT2D eigenvalue weighted by molar-refractivity contribution is 7.89. The van der Waals surface area contributed by atoms with Gasteiger partial charge in [0.25, 0.3) is 0 Å². The Kier molecular flexibility index (Phi) is 6.98. The number of hydrogen-bond donors (Lipinski definition) is 3. The van der Waals surface area contributed by atoms with Crippen molar-refractivity contribution in [2.75, 3.05) is 26.7 Å². The number of carboxylic acid groups (broad SMARTS) is 1. The van der Waals surface area contributed by atoms with Gasteiger partial charge in [0.1, 0.15) is 0 Å². The molecule has 1 aromatic rings. The highest BCUT2D eigenvalue weighted by Gasteiger charge is 2.18. The van der Waals surface area contributed by atoms with E-state index in [9.17, 15) is 18.0 Å². The zero-order chi connectivity index (χ0) is 17.6. The standard InChI is InChI=1S/C13H21N3O5S2/c1-9-8-11(10(2)22-9)23(20,21)15-6-5-14-13(19)16(3)7-4-12(17)18/h8,15H,4-7H2,1-3H3,(H,14,19)(H,17,18). The molecule has 130 valence electrons. The van der Waals surface area contributed by atoms with Gasteiger partial charge >= 0.3 is 12.0 Å². The Morgan fingerprint density at radius 2 is 1.96 bits per heavy atom. The van der Waals surface area contributed by atoms with E-state index in [1.165, 1.54) is 23.3 Å². The second-order valence-electron chi connectivity index (χ2n) is 4.97.